The van der Waals surface area contributed by atoms with Crippen molar-refractivity contribution in [3.8, 4) is 11.5 Å². The number of ether oxygens (including phenoxy) is 2. The van der Waals surface area contributed by atoms with Gasteiger partial charge in [0.1, 0.15) is 5.82 Å². The molecule has 1 heterocycles. The normalized spacial score (nSPS) is 19.4. The van der Waals surface area contributed by atoms with Gasteiger partial charge in [-0.1, -0.05) is 19.9 Å². The van der Waals surface area contributed by atoms with Crippen LogP contribution in [0.15, 0.2) is 65.0 Å². The molecule has 2 aliphatic rings. The molecule has 0 bridgehead atoms. The molecule has 34 heavy (non-hydrogen) atoms. The number of methoxy groups -OCH3 is 2. The lowest BCUT2D eigenvalue weighted by Crippen LogP contribution is -2.39. The van der Waals surface area contributed by atoms with Crippen molar-refractivity contribution in [2.45, 2.75) is 39.5 Å². The maximum atomic E-state index is 13.5. The summed E-state index contributed by atoms with van der Waals surface area (Å²) in [5.41, 5.74) is 3.58. The van der Waals surface area contributed by atoms with Crippen LogP contribution >= 0.6 is 0 Å². The van der Waals surface area contributed by atoms with Gasteiger partial charge < -0.3 is 20.1 Å². The van der Waals surface area contributed by atoms with Gasteiger partial charge in [-0.05, 0) is 60.7 Å². The van der Waals surface area contributed by atoms with E-state index in [0.717, 1.165) is 11.3 Å². The van der Waals surface area contributed by atoms with Crippen molar-refractivity contribution in [1.82, 2.24) is 5.32 Å². The number of amides is 1. The molecule has 2 aromatic rings. The summed E-state index contributed by atoms with van der Waals surface area (Å²) in [5.74, 6) is -0.247. The number of carbonyl (C=O) groups excluding carboxylic acids is 2. The SMILES string of the molecule is COc1ccc([C@@H]2C(C(=O)Nc3ccc(F)cc3)=C(C)NC3=C2C(=O)CC(C)(C)C3)cc1OC. The Morgan fingerprint density at radius 1 is 1.06 bits per heavy atom. The van der Waals surface area contributed by atoms with Gasteiger partial charge in [-0.2, -0.15) is 0 Å². The topological polar surface area (TPSA) is 76.7 Å². The van der Waals surface area contributed by atoms with Crippen LogP contribution in [0.2, 0.25) is 0 Å². The van der Waals surface area contributed by atoms with Gasteiger partial charge in [0.25, 0.3) is 5.91 Å². The Labute approximate surface area is 198 Å². The van der Waals surface area contributed by atoms with Crippen LogP contribution < -0.4 is 20.1 Å². The molecule has 2 N–H and O–H groups in total. The van der Waals surface area contributed by atoms with Gasteiger partial charge in [0, 0.05) is 40.6 Å². The summed E-state index contributed by atoms with van der Waals surface area (Å²) >= 11 is 0. The number of nitrogens with one attached hydrogen (secondary N) is 2. The van der Waals surface area contributed by atoms with Crippen LogP contribution in [0.25, 0.3) is 0 Å². The van der Waals surface area contributed by atoms with E-state index in [1.54, 1.807) is 20.3 Å². The molecule has 1 aliphatic carbocycles. The number of halogens is 1. The Kier molecular flexibility index (Phi) is 6.21. The fourth-order valence-corrected chi connectivity index (χ4v) is 4.83. The molecule has 1 aliphatic heterocycles. The highest BCUT2D eigenvalue weighted by atomic mass is 19.1. The van der Waals surface area contributed by atoms with Crippen LogP contribution in [0, 0.1) is 11.2 Å². The number of Topliss-reactive ketones (excluding diaryl/α,β-unsaturated/α-hetero) is 1. The van der Waals surface area contributed by atoms with Crippen molar-refractivity contribution in [2.24, 2.45) is 5.41 Å². The second-order valence-corrected chi connectivity index (χ2v) is 9.51. The fraction of sp³-hybridized carbons (Fsp3) is 0.333. The maximum Gasteiger partial charge on any atom is 0.254 e. The van der Waals surface area contributed by atoms with Gasteiger partial charge in [-0.25, -0.2) is 4.39 Å². The largest absolute Gasteiger partial charge is 0.493 e. The summed E-state index contributed by atoms with van der Waals surface area (Å²) in [6, 6.07) is 11.0. The van der Waals surface area contributed by atoms with Gasteiger partial charge >= 0.3 is 0 Å². The van der Waals surface area contributed by atoms with E-state index in [-0.39, 0.29) is 22.9 Å². The van der Waals surface area contributed by atoms with Crippen LogP contribution in [0.5, 0.6) is 11.5 Å². The van der Waals surface area contributed by atoms with E-state index in [2.05, 4.69) is 24.5 Å². The predicted molar refractivity (Wildman–Crippen MR) is 128 cm³/mol. The molecule has 0 unspecified atom stereocenters. The number of hydrogen-bond donors (Lipinski definition) is 2. The second-order valence-electron chi connectivity index (χ2n) is 9.51. The summed E-state index contributed by atoms with van der Waals surface area (Å²) < 4.78 is 24.2. The third-order valence-corrected chi connectivity index (χ3v) is 6.33. The van der Waals surface area contributed by atoms with Gasteiger partial charge in [-0.3, -0.25) is 9.59 Å². The molecule has 0 aromatic heterocycles. The minimum Gasteiger partial charge on any atom is -0.493 e. The van der Waals surface area contributed by atoms with E-state index in [9.17, 15) is 14.0 Å². The van der Waals surface area contributed by atoms with Crippen molar-refractivity contribution in [3.63, 3.8) is 0 Å². The van der Waals surface area contributed by atoms with Crippen LogP contribution in [0.4, 0.5) is 10.1 Å². The van der Waals surface area contributed by atoms with E-state index >= 15 is 0 Å². The Morgan fingerprint density at radius 3 is 2.38 bits per heavy atom. The molecule has 1 atom stereocenters. The van der Waals surface area contributed by atoms with Gasteiger partial charge in [0.05, 0.1) is 14.2 Å². The molecule has 178 valence electrons. The van der Waals surface area contributed by atoms with Crippen molar-refractivity contribution in [2.75, 3.05) is 19.5 Å². The molecular formula is C27H29FN2O4. The fourth-order valence-electron chi connectivity index (χ4n) is 4.83. The number of carbonyl (C=O) groups is 2. The molecule has 0 radical (unpaired) electrons. The van der Waals surface area contributed by atoms with Crippen LogP contribution in [-0.4, -0.2) is 25.9 Å². The Balaban J connectivity index is 1.83. The lowest BCUT2D eigenvalue weighted by atomic mass is 9.68. The monoisotopic (exact) mass is 464 g/mol. The number of hydrogen-bond acceptors (Lipinski definition) is 5. The highest BCUT2D eigenvalue weighted by Crippen LogP contribution is 2.47. The van der Waals surface area contributed by atoms with Gasteiger partial charge in [0.2, 0.25) is 0 Å². The number of rotatable bonds is 5. The highest BCUT2D eigenvalue weighted by Gasteiger charge is 2.42. The Bertz CT molecular complexity index is 1210. The number of dihydropyridines is 1. The average Bonchev–Trinajstić information content (AvgIpc) is 2.78. The van der Waals surface area contributed by atoms with Crippen molar-refractivity contribution in [3.05, 3.63) is 76.4 Å². The molecule has 4 rings (SSSR count). The number of ketones is 1. The Hall–Kier alpha value is -3.61. The van der Waals surface area contributed by atoms with E-state index in [0.29, 0.717) is 46.9 Å². The van der Waals surface area contributed by atoms with Crippen molar-refractivity contribution in [1.29, 1.82) is 0 Å². The number of anilines is 1. The summed E-state index contributed by atoms with van der Waals surface area (Å²) in [6.45, 7) is 5.97. The molecule has 0 fully saturated rings. The molecular weight excluding hydrogens is 435 g/mol. The summed E-state index contributed by atoms with van der Waals surface area (Å²) in [5, 5.41) is 6.20. The maximum absolute atomic E-state index is 13.5. The third-order valence-electron chi connectivity index (χ3n) is 6.33. The van der Waals surface area contributed by atoms with Gasteiger partial charge in [-0.15, -0.1) is 0 Å². The minimum atomic E-state index is -0.583. The van der Waals surface area contributed by atoms with Crippen LogP contribution in [0.1, 0.15) is 45.1 Å². The zero-order valence-electron chi connectivity index (χ0n) is 20.0. The summed E-state index contributed by atoms with van der Waals surface area (Å²) in [6.07, 6.45) is 1.09. The highest BCUT2D eigenvalue weighted by molar-refractivity contribution is 6.10. The lowest BCUT2D eigenvalue weighted by Gasteiger charge is -2.39. The Morgan fingerprint density at radius 2 is 1.74 bits per heavy atom. The number of allylic oxidation sites excluding steroid dienone is 3. The first-order valence-corrected chi connectivity index (χ1v) is 11.2. The molecule has 1 amide bonds. The molecule has 7 heteroatoms. The van der Waals surface area contributed by atoms with Crippen molar-refractivity contribution >= 4 is 17.4 Å². The third kappa shape index (κ3) is 4.42. The second kappa shape index (κ2) is 8.97. The smallest absolute Gasteiger partial charge is 0.254 e. The first-order chi connectivity index (χ1) is 16.1. The number of benzene rings is 2. The van der Waals surface area contributed by atoms with E-state index < -0.39 is 5.92 Å². The molecule has 0 saturated carbocycles. The molecule has 0 saturated heterocycles. The standard InChI is InChI=1S/C27H29FN2O4/c1-15-23(26(32)30-18-9-7-17(28)8-10-18)24(16-6-11-21(33-4)22(12-16)34-5)25-19(29-15)13-27(2,3)14-20(25)31/h6-12,24,29H,13-14H2,1-5H3,(H,30,32)/t24-/m1/s1. The van der Waals surface area contributed by atoms with Crippen LogP contribution in [-0.2, 0) is 9.59 Å². The zero-order chi connectivity index (χ0) is 24.6. The molecule has 0 spiro atoms. The zero-order valence-corrected chi connectivity index (χ0v) is 20.0. The predicted octanol–water partition coefficient (Wildman–Crippen LogP) is 5.09. The van der Waals surface area contributed by atoms with Crippen LogP contribution in [0.3, 0.4) is 0 Å². The first-order valence-electron chi connectivity index (χ1n) is 11.2. The lowest BCUT2D eigenvalue weighted by molar-refractivity contribution is -0.118. The average molecular weight is 465 g/mol. The molecule has 2 aromatic carbocycles. The summed E-state index contributed by atoms with van der Waals surface area (Å²) in [7, 11) is 3.10. The molecule has 6 nitrogen and oxygen atoms in total. The van der Waals surface area contributed by atoms with E-state index in [1.165, 1.54) is 24.3 Å². The van der Waals surface area contributed by atoms with Gasteiger partial charge in [0.15, 0.2) is 17.3 Å². The first kappa shape index (κ1) is 23.5. The minimum absolute atomic E-state index is 0.0121. The van der Waals surface area contributed by atoms with E-state index in [4.69, 9.17) is 9.47 Å². The van der Waals surface area contributed by atoms with E-state index in [1.807, 2.05) is 19.1 Å². The van der Waals surface area contributed by atoms with Crippen molar-refractivity contribution < 1.29 is 23.5 Å². The summed E-state index contributed by atoms with van der Waals surface area (Å²) in [4.78, 5) is 27.0. The quantitative estimate of drug-likeness (QED) is 0.645.